The lowest BCUT2D eigenvalue weighted by molar-refractivity contribution is 0.0931. The molecule has 13 heteroatoms. The summed E-state index contributed by atoms with van der Waals surface area (Å²) in [6, 6.07) is 31.7. The number of likely N-dealkylation sites (N-methyl/N-ethyl adjacent to an activating group) is 4. The number of carbonyl (C=O) groups excluding carboxylic acids is 4. The van der Waals surface area contributed by atoms with Gasteiger partial charge in [-0.2, -0.15) is 0 Å². The molecular weight excluding hydrogens is 902 g/mol. The maximum absolute atomic E-state index is 13.0. The van der Waals surface area contributed by atoms with Gasteiger partial charge >= 0.3 is 0 Å². The SMILES string of the molecule is CCN(CC)CC(=O)c1cccc2cc3c(C(=O)CN(CC)CC)cccc3cc12.CCN(CC)CC(=O)c1cccc2cc3c(C(=O)CN(CC)CC)cccc3cc12.Cl.Cl.Cl.Cl.O. The molecule has 0 unspecified atom stereocenters. The summed E-state index contributed by atoms with van der Waals surface area (Å²) in [5.41, 5.74) is 3.00. The van der Waals surface area contributed by atoms with E-state index in [4.69, 9.17) is 0 Å². The van der Waals surface area contributed by atoms with Crippen LogP contribution in [0.25, 0.3) is 43.1 Å². The van der Waals surface area contributed by atoms with Crippen molar-refractivity contribution < 1.29 is 24.7 Å². The summed E-state index contributed by atoms with van der Waals surface area (Å²) in [7, 11) is 0. The Labute approximate surface area is 411 Å². The van der Waals surface area contributed by atoms with Crippen molar-refractivity contribution in [3.05, 3.63) is 119 Å². The van der Waals surface area contributed by atoms with Crippen LogP contribution in [0.2, 0.25) is 0 Å². The molecule has 356 valence electrons. The van der Waals surface area contributed by atoms with Crippen molar-refractivity contribution >= 4 is 116 Å². The van der Waals surface area contributed by atoms with E-state index in [1.54, 1.807) is 0 Å². The highest BCUT2D eigenvalue weighted by Gasteiger charge is 2.19. The zero-order chi connectivity index (χ0) is 43.3. The number of hydrogen-bond acceptors (Lipinski definition) is 8. The van der Waals surface area contributed by atoms with Crippen LogP contribution in [0.1, 0.15) is 96.8 Å². The zero-order valence-electron chi connectivity index (χ0n) is 39.3. The van der Waals surface area contributed by atoms with Crippen LogP contribution < -0.4 is 0 Å². The minimum atomic E-state index is 0. The molecule has 0 bridgehead atoms. The average molecular weight is 973 g/mol. The lowest BCUT2D eigenvalue weighted by atomic mass is 9.94. The Hall–Kier alpha value is -4.00. The first-order valence-electron chi connectivity index (χ1n) is 22.0. The molecule has 0 radical (unpaired) electrons. The first kappa shape index (κ1) is 61.0. The van der Waals surface area contributed by atoms with Gasteiger partial charge in [-0.25, -0.2) is 0 Å². The topological polar surface area (TPSA) is 113 Å². The molecule has 0 saturated carbocycles. The fourth-order valence-corrected chi connectivity index (χ4v) is 8.02. The molecule has 0 fully saturated rings. The fourth-order valence-electron chi connectivity index (χ4n) is 8.02. The van der Waals surface area contributed by atoms with Gasteiger partial charge in [0.05, 0.1) is 26.2 Å². The van der Waals surface area contributed by atoms with Crippen molar-refractivity contribution in [1.29, 1.82) is 0 Å². The van der Waals surface area contributed by atoms with E-state index in [1.807, 2.05) is 72.8 Å². The van der Waals surface area contributed by atoms with E-state index in [1.165, 1.54) is 0 Å². The number of rotatable bonds is 20. The Morgan fingerprint density at radius 3 is 0.646 bits per heavy atom. The Bertz CT molecular complexity index is 2120. The third kappa shape index (κ3) is 15.0. The van der Waals surface area contributed by atoms with Gasteiger partial charge in [-0.1, -0.05) is 128 Å². The number of ketones is 4. The summed E-state index contributed by atoms with van der Waals surface area (Å²) >= 11 is 0. The van der Waals surface area contributed by atoms with Gasteiger partial charge in [-0.05, 0) is 120 Å². The predicted molar refractivity (Wildman–Crippen MR) is 284 cm³/mol. The maximum Gasteiger partial charge on any atom is 0.177 e. The monoisotopic (exact) mass is 970 g/mol. The maximum atomic E-state index is 13.0. The number of nitrogens with zero attached hydrogens (tertiary/aromatic N) is 4. The molecule has 6 aromatic rings. The lowest BCUT2D eigenvalue weighted by Gasteiger charge is -2.18. The minimum Gasteiger partial charge on any atom is -0.412 e. The third-order valence-corrected chi connectivity index (χ3v) is 12.0. The fraction of sp³-hybridized carbons (Fsp3) is 0.385. The van der Waals surface area contributed by atoms with Gasteiger partial charge in [-0.15, -0.1) is 49.6 Å². The molecule has 0 aliphatic carbocycles. The molecule has 6 rings (SSSR count). The van der Waals surface area contributed by atoms with E-state index in [0.717, 1.165) is 118 Å². The van der Waals surface area contributed by atoms with Crippen LogP contribution >= 0.6 is 49.6 Å². The Morgan fingerprint density at radius 2 is 0.492 bits per heavy atom. The molecule has 0 saturated heterocycles. The van der Waals surface area contributed by atoms with Gasteiger partial charge in [0.1, 0.15) is 0 Å². The molecular formula is C52H70Cl4N4O5. The number of hydrogen-bond donors (Lipinski definition) is 0. The van der Waals surface area contributed by atoms with Crippen LogP contribution in [0.5, 0.6) is 0 Å². The van der Waals surface area contributed by atoms with E-state index >= 15 is 0 Å². The van der Waals surface area contributed by atoms with Crippen molar-refractivity contribution in [2.45, 2.75) is 55.4 Å². The summed E-state index contributed by atoms with van der Waals surface area (Å²) in [5.74, 6) is 0.546. The van der Waals surface area contributed by atoms with Gasteiger partial charge < -0.3 is 5.48 Å². The molecule has 0 aromatic heterocycles. The van der Waals surface area contributed by atoms with Crippen molar-refractivity contribution in [2.75, 3.05) is 78.5 Å². The Balaban J connectivity index is 0.00000117. The van der Waals surface area contributed by atoms with Gasteiger partial charge in [0.2, 0.25) is 0 Å². The van der Waals surface area contributed by atoms with Crippen LogP contribution in [0.15, 0.2) is 97.1 Å². The molecule has 0 aliphatic heterocycles. The van der Waals surface area contributed by atoms with Gasteiger partial charge in [0.15, 0.2) is 23.1 Å². The summed E-state index contributed by atoms with van der Waals surface area (Å²) in [5, 5.41) is 7.80. The Kier molecular flexibility index (Phi) is 27.8. The van der Waals surface area contributed by atoms with Crippen molar-refractivity contribution in [2.24, 2.45) is 0 Å². The molecule has 0 atom stereocenters. The van der Waals surface area contributed by atoms with E-state index in [9.17, 15) is 19.2 Å². The van der Waals surface area contributed by atoms with E-state index < -0.39 is 0 Å². The standard InChI is InChI=1S/2C26H32N2O2.4ClH.H2O/c2*1-5-27(6-2)17-25(29)21-13-9-11-19-16-24-20(15-23(19)21)12-10-14-22(24)26(30)18-28(7-3)8-4;;;;;/h2*9-16H,5-8,17-18H2,1-4H3;4*1H;1H2. The first-order valence-corrected chi connectivity index (χ1v) is 22.0. The van der Waals surface area contributed by atoms with Crippen LogP contribution in [0, 0.1) is 0 Å². The quantitative estimate of drug-likeness (QED) is 0.0549. The molecule has 0 aliphatic rings. The second-order valence-electron chi connectivity index (χ2n) is 15.3. The second-order valence-corrected chi connectivity index (χ2v) is 15.3. The van der Waals surface area contributed by atoms with Crippen LogP contribution in [-0.4, -0.2) is 127 Å². The molecule has 9 nitrogen and oxygen atoms in total. The average Bonchev–Trinajstić information content (AvgIpc) is 3.28. The highest BCUT2D eigenvalue weighted by molar-refractivity contribution is 6.17. The van der Waals surface area contributed by atoms with Crippen LogP contribution in [-0.2, 0) is 0 Å². The molecule has 0 amide bonds. The summed E-state index contributed by atoms with van der Waals surface area (Å²) < 4.78 is 0. The summed E-state index contributed by atoms with van der Waals surface area (Å²) in [6.45, 7) is 25.1. The molecule has 2 N–H and O–H groups in total. The van der Waals surface area contributed by atoms with E-state index in [0.29, 0.717) is 26.2 Å². The number of carbonyl (C=O) groups is 4. The van der Waals surface area contributed by atoms with Gasteiger partial charge in [0.25, 0.3) is 0 Å². The molecule has 0 heterocycles. The molecule has 0 spiro atoms. The minimum absolute atomic E-state index is 0. The third-order valence-electron chi connectivity index (χ3n) is 12.0. The lowest BCUT2D eigenvalue weighted by Crippen LogP contribution is -2.29. The van der Waals surface area contributed by atoms with Crippen LogP contribution in [0.4, 0.5) is 0 Å². The smallest absolute Gasteiger partial charge is 0.177 e. The van der Waals surface area contributed by atoms with Crippen LogP contribution in [0.3, 0.4) is 0 Å². The van der Waals surface area contributed by atoms with E-state index in [2.05, 4.69) is 99.3 Å². The molecule has 65 heavy (non-hydrogen) atoms. The van der Waals surface area contributed by atoms with Crippen molar-refractivity contribution in [3.63, 3.8) is 0 Å². The predicted octanol–water partition coefficient (Wildman–Crippen LogP) is 10.9. The summed E-state index contributed by atoms with van der Waals surface area (Å²) in [6.07, 6.45) is 0. The van der Waals surface area contributed by atoms with Gasteiger partial charge in [-0.3, -0.25) is 38.8 Å². The van der Waals surface area contributed by atoms with Crippen molar-refractivity contribution in [3.8, 4) is 0 Å². The number of halogens is 4. The summed E-state index contributed by atoms with van der Waals surface area (Å²) in [4.78, 5) is 60.5. The Morgan fingerprint density at radius 1 is 0.323 bits per heavy atom. The normalized spacial score (nSPS) is 10.8. The first-order chi connectivity index (χ1) is 29.0. The largest absolute Gasteiger partial charge is 0.412 e. The zero-order valence-corrected chi connectivity index (χ0v) is 42.5. The highest BCUT2D eigenvalue weighted by Crippen LogP contribution is 2.30. The van der Waals surface area contributed by atoms with Gasteiger partial charge in [0, 0.05) is 22.3 Å². The second kappa shape index (κ2) is 29.6. The number of Topliss-reactive ketones (excluding diaryl/α,β-unsaturated/α-hetero) is 4. The molecule has 6 aromatic carbocycles. The highest BCUT2D eigenvalue weighted by atomic mass is 35.5. The van der Waals surface area contributed by atoms with E-state index in [-0.39, 0.29) is 78.2 Å². The van der Waals surface area contributed by atoms with Crippen molar-refractivity contribution in [1.82, 2.24) is 19.6 Å². The number of fused-ring (bicyclic) bond motifs is 4. The number of benzene rings is 6.